The van der Waals surface area contributed by atoms with E-state index in [4.69, 9.17) is 43.5 Å². The molecule has 11 rings (SSSR count). The van der Waals surface area contributed by atoms with Crippen molar-refractivity contribution in [2.45, 2.75) is 121 Å². The number of halogens is 7. The van der Waals surface area contributed by atoms with E-state index < -0.39 is 110 Å². The SMILES string of the molecule is CC(=O)Cc1cccc(C)c1.CCOC(=O)C(=O)OCC.CCOC(=O)c1cc(Cc2cccc(C)c2)n(-c2ccc(S(N)(=O)=O)cc2F)n1.CCOCC.Cc1cccc(Cc2cc(C(=O)O)nn2-c2ccc(S(N)(=O)=O)cc2F)c1.Cc1cccc(Cc2cc(CO)nn2-c2ccc(S(N)(=O)=O)cc2F)c1.FB(F)F.NN=Nc1ccc(S(N)(=O)=O)cc1F.[B].[H-].[Li+].[O]=[Mn]=[O]. The maximum absolute atomic E-state index is 14.7. The van der Waals surface area contributed by atoms with Crippen molar-refractivity contribution in [3.05, 3.63) is 290 Å². The summed E-state index contributed by atoms with van der Waals surface area (Å²) in [5.41, 5.74) is 10.1. The van der Waals surface area contributed by atoms with Crippen molar-refractivity contribution in [3.63, 3.8) is 0 Å². The Labute approximate surface area is 773 Å². The molecule has 3 aromatic heterocycles. The summed E-state index contributed by atoms with van der Waals surface area (Å²) in [6.45, 7) is 20.4. The molecule has 11 aromatic rings. The number of nitrogens with two attached hydrogens (primary N) is 5. The number of ketones is 1. The van der Waals surface area contributed by atoms with E-state index >= 15 is 0 Å². The van der Waals surface area contributed by atoms with E-state index in [1.54, 1.807) is 33.8 Å². The first kappa shape index (κ1) is 117. The Morgan fingerprint density at radius 3 is 1.05 bits per heavy atom. The van der Waals surface area contributed by atoms with Crippen molar-refractivity contribution < 1.29 is 160 Å². The molecular formula is C82H94B2F7LiMnN13O21S4. The van der Waals surface area contributed by atoms with E-state index in [-0.39, 0.29) is 115 Å². The molecule has 0 unspecified atom stereocenters. The van der Waals surface area contributed by atoms with Crippen LogP contribution in [0.15, 0.2) is 218 Å². The third-order valence-electron chi connectivity index (χ3n) is 16.2. The van der Waals surface area contributed by atoms with Crippen LogP contribution in [0.1, 0.15) is 131 Å². The van der Waals surface area contributed by atoms with Gasteiger partial charge in [-0.25, -0.2) is 105 Å². The number of carbonyl (C=O) groups is 5. The van der Waals surface area contributed by atoms with Crippen molar-refractivity contribution in [2.24, 2.45) is 36.7 Å². The number of hydrogen-bond acceptors (Lipinski definition) is 25. The van der Waals surface area contributed by atoms with Crippen LogP contribution in [0.3, 0.4) is 0 Å². The minimum atomic E-state index is -4.06. The molecular weight excluding hydrogens is 1850 g/mol. The zero-order valence-corrected chi connectivity index (χ0v) is 76.8. The summed E-state index contributed by atoms with van der Waals surface area (Å²) in [5, 5.41) is 56.9. The van der Waals surface area contributed by atoms with Gasteiger partial charge in [0.1, 0.15) is 46.0 Å². The number of nitrogens with zero attached hydrogens (tertiary/aromatic N) is 8. The molecule has 0 saturated carbocycles. The molecule has 0 aliphatic carbocycles. The second-order valence-electron chi connectivity index (χ2n) is 26.3. The number of aromatic carboxylic acids is 1. The summed E-state index contributed by atoms with van der Waals surface area (Å²) >= 11 is -1.44. The van der Waals surface area contributed by atoms with Crippen LogP contribution in [-0.4, -0.2) is 152 Å². The van der Waals surface area contributed by atoms with Crippen LogP contribution in [0.25, 0.3) is 17.1 Å². The fraction of sp³-hybridized carbons (Fsp3) is 0.244. The molecule has 0 atom stereocenters. The summed E-state index contributed by atoms with van der Waals surface area (Å²) in [5.74, 6) is -2.15. The van der Waals surface area contributed by atoms with Gasteiger partial charge in [-0.1, -0.05) is 125 Å². The molecule has 3 radical (unpaired) electrons. The van der Waals surface area contributed by atoms with Crippen LogP contribution in [0.2, 0.25) is 0 Å². The summed E-state index contributed by atoms with van der Waals surface area (Å²) < 4.78 is 215. The number of rotatable bonds is 24. The number of ether oxygens (including phenoxy) is 4. The Bertz CT molecular complexity index is 6220. The van der Waals surface area contributed by atoms with Crippen molar-refractivity contribution in [1.82, 2.24) is 29.3 Å². The van der Waals surface area contributed by atoms with Crippen LogP contribution in [-0.2, 0) is 128 Å². The van der Waals surface area contributed by atoms with E-state index in [1.165, 1.54) is 57.4 Å². The quantitative estimate of drug-likeness (QED) is 0.00438. The first-order chi connectivity index (χ1) is 60.5. The van der Waals surface area contributed by atoms with Gasteiger partial charge in [-0.15, -0.1) is 5.11 Å². The van der Waals surface area contributed by atoms with Gasteiger partial charge < -0.3 is 36.4 Å². The van der Waals surface area contributed by atoms with Gasteiger partial charge in [0.25, 0.3) is 0 Å². The van der Waals surface area contributed by atoms with Crippen LogP contribution in [0.4, 0.5) is 36.2 Å². The summed E-state index contributed by atoms with van der Waals surface area (Å²) in [6.07, 6.45) is 1.73. The van der Waals surface area contributed by atoms with Gasteiger partial charge >= 0.3 is 72.8 Å². The number of primary sulfonamides is 4. The van der Waals surface area contributed by atoms with Crippen molar-refractivity contribution in [2.75, 3.05) is 33.0 Å². The minimum absolute atomic E-state index is 0. The zero-order chi connectivity index (χ0) is 97.3. The van der Waals surface area contributed by atoms with Gasteiger partial charge in [-0.3, -0.25) is 17.7 Å². The van der Waals surface area contributed by atoms with Crippen molar-refractivity contribution in [1.29, 1.82) is 0 Å². The summed E-state index contributed by atoms with van der Waals surface area (Å²) in [7, 11) is -19.7. The van der Waals surface area contributed by atoms with Crippen molar-refractivity contribution >= 4 is 91.4 Å². The Hall–Kier alpha value is -11.7. The molecule has 3 heterocycles. The summed E-state index contributed by atoms with van der Waals surface area (Å²) in [6, 6.07) is 48.6. The molecule has 0 fully saturated rings. The van der Waals surface area contributed by atoms with E-state index in [2.05, 4.69) is 35.1 Å². The number of aliphatic hydroxyl groups is 1. The average Bonchev–Trinajstić information content (AvgIpc) is 1.62. The van der Waals surface area contributed by atoms with Crippen LogP contribution in [0, 0.1) is 51.0 Å². The number of sulfonamides is 4. The van der Waals surface area contributed by atoms with Crippen LogP contribution < -0.4 is 45.3 Å². The average molecular weight is 1940 g/mol. The van der Waals surface area contributed by atoms with E-state index in [9.17, 15) is 98.4 Å². The number of aromatic nitrogens is 6. The van der Waals surface area contributed by atoms with Gasteiger partial charge in [-0.05, 0) is 182 Å². The van der Waals surface area contributed by atoms with Crippen molar-refractivity contribution in [3.8, 4) is 17.1 Å². The predicted octanol–water partition coefficient (Wildman–Crippen LogP) is 8.13. The van der Waals surface area contributed by atoms with Gasteiger partial charge in [-0.2, -0.15) is 15.3 Å². The maximum atomic E-state index is 14.7. The number of carboxylic acid groups (broad SMARTS) is 1. The van der Waals surface area contributed by atoms with Gasteiger partial charge in [0.15, 0.2) is 17.2 Å². The Balaban J connectivity index is 0.00000157. The molecule has 0 spiro atoms. The van der Waals surface area contributed by atoms with Gasteiger partial charge in [0, 0.05) is 64.4 Å². The number of carbonyl (C=O) groups excluding carboxylic acids is 4. The second-order valence-corrected chi connectivity index (χ2v) is 32.8. The molecule has 0 amide bonds. The molecule has 0 aliphatic rings. The Morgan fingerprint density at radius 1 is 0.458 bits per heavy atom. The van der Waals surface area contributed by atoms with Crippen LogP contribution in [0.5, 0.6) is 0 Å². The summed E-state index contributed by atoms with van der Waals surface area (Å²) in [4.78, 5) is 53.7. The number of Topliss-reactive ketones (excluding diaryl/α,β-unsaturated/α-hetero) is 1. The third-order valence-corrected chi connectivity index (χ3v) is 19.8. The molecule has 34 nitrogen and oxygen atoms in total. The molecule has 0 bridgehead atoms. The fourth-order valence-corrected chi connectivity index (χ4v) is 13.0. The van der Waals surface area contributed by atoms with Crippen LogP contribution >= 0.6 is 0 Å². The second kappa shape index (κ2) is 57.4. The first-order valence-corrected chi connectivity index (χ1v) is 44.8. The number of carboxylic acids is 1. The Kier molecular flexibility index (Phi) is 51.4. The van der Waals surface area contributed by atoms with E-state index in [0.717, 1.165) is 99.3 Å². The number of esters is 3. The van der Waals surface area contributed by atoms with Gasteiger partial charge in [0.2, 0.25) is 40.1 Å². The number of aryl methyl sites for hydroxylation is 4. The zero-order valence-electron chi connectivity index (χ0n) is 73.4. The Morgan fingerprint density at radius 2 is 0.763 bits per heavy atom. The normalized spacial score (nSPS) is 10.6. The standard InChI is InChI=1S/C20H20FN3O4S.C18H16FN3O4S.C18H18FN3O3S.C10H12O.C6H7FN4O2S.C6H10O4.C4H10O.BF3.B.Li.Mn.2O.H/c1-3-28-20(25)18-11-15(10-14-6-4-5-13(2)9-14)24(23-18)19-8-7-16(12-17(19)21)29(22,26)27;1-11-3-2-4-12(7-11)8-13-9-16(18(23)24)21-22(13)17-6-5-14(10-15(17)19)27(20,25)26;1-12-3-2-4-13(7-12)8-15-9-14(11-23)21-22(15)18-6-5-16(10-17(18)19)26(20,24)25;1-8-4-3-5-10(6-8)7-9(2)11;7-5-3-4(14(9,12)13)1-2-6(5)10-11-8;1-3-9-5(7)6(8)10-4-2;1-3-5-4-2;2-1(3)4;;;;;;/h4-9,11-12H,3,10H2,1-2H3,(H2,22,26,27);2-7,9-10H,8H2,1H3,(H,23,24)(H2,20,25,26);2-7,9-10,23H,8,11H2,1H3,(H2,20,24,25);3-6H,7H2,1-2H3;1-3H,(H2,8,10)(H2,9,12,13);3-4H2,1-2H3;3-4H2,1-2H3;;;;;;;/q;;;;;;;;;+1;;;;-1. The predicted molar refractivity (Wildman–Crippen MR) is 460 cm³/mol. The molecule has 700 valence electrons. The number of hydrogen-bond donors (Lipinski definition) is 7. The van der Waals surface area contributed by atoms with E-state index in [1.807, 2.05) is 139 Å². The monoisotopic (exact) mass is 1940 g/mol. The number of benzene rings is 8. The van der Waals surface area contributed by atoms with Gasteiger partial charge in [0.05, 0.1) is 51.7 Å². The molecule has 49 heteroatoms. The number of aliphatic hydroxyl groups excluding tert-OH is 1. The molecule has 131 heavy (non-hydrogen) atoms. The topological polar surface area (TPSA) is 542 Å². The third kappa shape index (κ3) is 41.5. The molecule has 12 N–H and O–H groups in total. The molecule has 0 saturated heterocycles. The molecule has 0 aliphatic heterocycles. The molecule has 8 aromatic carbocycles. The first-order valence-electron chi connectivity index (χ1n) is 37.7. The van der Waals surface area contributed by atoms with E-state index in [0.29, 0.717) is 48.5 Å². The fourth-order valence-electron chi connectivity index (χ4n) is 10.9.